The molecule has 82 valence electrons. The van der Waals surface area contributed by atoms with Crippen molar-refractivity contribution in [2.24, 2.45) is 0 Å². The monoisotopic (exact) mass is 276 g/mol. The van der Waals surface area contributed by atoms with Gasteiger partial charge in [0.25, 0.3) is 0 Å². The molecule has 0 aliphatic carbocycles. The van der Waals surface area contributed by atoms with E-state index < -0.39 is 0 Å². The summed E-state index contributed by atoms with van der Waals surface area (Å²) in [5.41, 5.74) is 4.41. The number of benzene rings is 2. The van der Waals surface area contributed by atoms with Crippen molar-refractivity contribution in [1.82, 2.24) is 0 Å². The van der Waals surface area contributed by atoms with Crippen molar-refractivity contribution in [2.45, 2.75) is 17.6 Å². The number of rotatable bonds is 4. The first kappa shape index (κ1) is 11.4. The molecule has 0 saturated carbocycles. The summed E-state index contributed by atoms with van der Waals surface area (Å²) in [5, 5.41) is 2.48. The van der Waals surface area contributed by atoms with Crippen LogP contribution in [0.3, 0.4) is 0 Å². The normalized spacial score (nSPS) is 10.3. The van der Waals surface area contributed by atoms with Gasteiger partial charge in [-0.15, -0.1) is 0 Å². The van der Waals surface area contributed by atoms with E-state index in [-0.39, 0.29) is 0 Å². The first-order chi connectivity index (χ1) is 7.86. The molecule has 0 nitrogen and oxygen atoms in total. The minimum atomic E-state index is 0.674. The van der Waals surface area contributed by atoms with Crippen molar-refractivity contribution in [3.05, 3.63) is 71.3 Å². The third kappa shape index (κ3) is 3.23. The zero-order chi connectivity index (χ0) is 11.2. The van der Waals surface area contributed by atoms with E-state index in [1.165, 1.54) is 27.3 Å². The van der Waals surface area contributed by atoms with Crippen LogP contribution in [0.1, 0.15) is 16.7 Å². The maximum absolute atomic E-state index is 2.25. The molecule has 2 aromatic carbocycles. The van der Waals surface area contributed by atoms with Crippen LogP contribution in [0, 0.1) is 6.92 Å². The Morgan fingerprint density at radius 2 is 1.50 bits per heavy atom. The Balaban J connectivity index is 1.87. The molecule has 2 aromatic rings. The van der Waals surface area contributed by atoms with Crippen LogP contribution >= 0.6 is 0 Å². The summed E-state index contributed by atoms with van der Waals surface area (Å²) < 4.78 is 0. The topological polar surface area (TPSA) is 0 Å². The summed E-state index contributed by atoms with van der Waals surface area (Å²) in [4.78, 5) is 0. The average molecular weight is 275 g/mol. The van der Waals surface area contributed by atoms with Gasteiger partial charge in [0.15, 0.2) is 0 Å². The molecule has 0 fully saturated rings. The Kier molecular flexibility index (Phi) is 4.21. The minimum absolute atomic E-state index is 0.674. The molecule has 0 unspecified atom stereocenters. The summed E-state index contributed by atoms with van der Waals surface area (Å²) >= 11 is 0.674. The second-order valence-electron chi connectivity index (χ2n) is 3.90. The van der Waals surface area contributed by atoms with E-state index in [1.54, 1.807) is 0 Å². The second kappa shape index (κ2) is 5.88. The van der Waals surface area contributed by atoms with Crippen LogP contribution in [0.2, 0.25) is 0 Å². The zero-order valence-electron chi connectivity index (χ0n) is 9.52. The van der Waals surface area contributed by atoms with Crippen LogP contribution in [0.4, 0.5) is 0 Å². The van der Waals surface area contributed by atoms with Crippen molar-refractivity contribution in [2.75, 3.05) is 0 Å². The Morgan fingerprint density at radius 3 is 2.25 bits per heavy atom. The molecule has 0 aromatic heterocycles. The van der Waals surface area contributed by atoms with Crippen molar-refractivity contribution >= 4 is 15.0 Å². The zero-order valence-corrected chi connectivity index (χ0v) is 11.2. The van der Waals surface area contributed by atoms with Gasteiger partial charge in [-0.25, -0.2) is 0 Å². The van der Waals surface area contributed by atoms with Gasteiger partial charge >= 0.3 is 104 Å². The van der Waals surface area contributed by atoms with E-state index in [0.717, 1.165) is 0 Å². The van der Waals surface area contributed by atoms with Gasteiger partial charge in [0.2, 0.25) is 0 Å². The molecule has 0 N–H and O–H groups in total. The van der Waals surface area contributed by atoms with E-state index in [9.17, 15) is 0 Å². The van der Waals surface area contributed by atoms with Gasteiger partial charge in [-0.05, 0) is 0 Å². The molecule has 0 bridgehead atoms. The van der Waals surface area contributed by atoms with Crippen LogP contribution in [-0.4, -0.2) is 15.0 Å². The van der Waals surface area contributed by atoms with Gasteiger partial charge in [-0.3, -0.25) is 0 Å². The Labute approximate surface area is 104 Å². The van der Waals surface area contributed by atoms with Gasteiger partial charge in [-0.1, -0.05) is 0 Å². The summed E-state index contributed by atoms with van der Waals surface area (Å²) in [6.45, 7) is 2.20. The summed E-state index contributed by atoms with van der Waals surface area (Å²) in [7, 11) is 0. The van der Waals surface area contributed by atoms with Crippen molar-refractivity contribution in [3.8, 4) is 0 Å². The van der Waals surface area contributed by atoms with Gasteiger partial charge in [0.05, 0.1) is 0 Å². The van der Waals surface area contributed by atoms with E-state index in [1.807, 2.05) is 0 Å². The standard InChI is InChI=1S/C15H16Se/c1-13-7-5-6-10-15(13)12-16-11-14-8-3-2-4-9-14/h2-10H,11-12H2,1H3. The molecule has 0 aliphatic heterocycles. The second-order valence-corrected chi connectivity index (χ2v) is 5.97. The first-order valence-electron chi connectivity index (χ1n) is 5.52. The van der Waals surface area contributed by atoms with E-state index in [4.69, 9.17) is 0 Å². The molecule has 0 aliphatic rings. The SMILES string of the molecule is Cc1ccccc1C[Se]Cc1ccccc1. The fourth-order valence-corrected chi connectivity index (χ4v) is 3.88. The predicted molar refractivity (Wildman–Crippen MR) is 70.8 cm³/mol. The maximum atomic E-state index is 2.25. The van der Waals surface area contributed by atoms with Crippen molar-refractivity contribution < 1.29 is 0 Å². The van der Waals surface area contributed by atoms with Crippen LogP contribution in [0.15, 0.2) is 54.6 Å². The van der Waals surface area contributed by atoms with Crippen LogP contribution in [0.25, 0.3) is 0 Å². The summed E-state index contributed by atoms with van der Waals surface area (Å²) in [6, 6.07) is 19.5. The molecule has 0 saturated heterocycles. The van der Waals surface area contributed by atoms with Gasteiger partial charge in [0, 0.05) is 0 Å². The summed E-state index contributed by atoms with van der Waals surface area (Å²) in [5.74, 6) is 0. The fraction of sp³-hybridized carbons (Fsp3) is 0.200. The third-order valence-electron chi connectivity index (χ3n) is 2.63. The summed E-state index contributed by atoms with van der Waals surface area (Å²) in [6.07, 6.45) is 0. The molecule has 0 amide bonds. The molecule has 16 heavy (non-hydrogen) atoms. The van der Waals surface area contributed by atoms with E-state index in [2.05, 4.69) is 61.5 Å². The fourth-order valence-electron chi connectivity index (χ4n) is 1.63. The quantitative estimate of drug-likeness (QED) is 0.750. The van der Waals surface area contributed by atoms with Gasteiger partial charge in [-0.2, -0.15) is 0 Å². The Morgan fingerprint density at radius 1 is 0.812 bits per heavy atom. The van der Waals surface area contributed by atoms with Crippen molar-refractivity contribution in [1.29, 1.82) is 0 Å². The predicted octanol–water partition coefficient (Wildman–Crippen LogP) is 3.40. The molecule has 2 rings (SSSR count). The molecule has 0 radical (unpaired) electrons. The average Bonchev–Trinajstić information content (AvgIpc) is 2.33. The third-order valence-corrected chi connectivity index (χ3v) is 4.84. The van der Waals surface area contributed by atoms with Crippen molar-refractivity contribution in [3.63, 3.8) is 0 Å². The van der Waals surface area contributed by atoms with Crippen LogP contribution in [-0.2, 0) is 10.6 Å². The van der Waals surface area contributed by atoms with Gasteiger partial charge in [0.1, 0.15) is 0 Å². The number of hydrogen-bond donors (Lipinski definition) is 0. The van der Waals surface area contributed by atoms with Crippen LogP contribution < -0.4 is 0 Å². The number of hydrogen-bond acceptors (Lipinski definition) is 0. The molecule has 0 atom stereocenters. The number of aryl methyl sites for hydroxylation is 1. The van der Waals surface area contributed by atoms with Gasteiger partial charge < -0.3 is 0 Å². The Hall–Kier alpha value is -1.04. The molecular formula is C15H16Se. The molecule has 1 heteroatoms. The van der Waals surface area contributed by atoms with E-state index in [0.29, 0.717) is 15.0 Å². The first-order valence-corrected chi connectivity index (χ1v) is 7.95. The van der Waals surface area contributed by atoms with E-state index >= 15 is 0 Å². The molecular weight excluding hydrogens is 259 g/mol. The molecule has 0 spiro atoms. The molecule has 0 heterocycles. The Bertz CT molecular complexity index is 434. The van der Waals surface area contributed by atoms with Crippen LogP contribution in [0.5, 0.6) is 0 Å².